The van der Waals surface area contributed by atoms with Gasteiger partial charge >= 0.3 is 0 Å². The molecule has 0 aliphatic heterocycles. The first-order valence-corrected chi connectivity index (χ1v) is 5.89. The van der Waals surface area contributed by atoms with Gasteiger partial charge in [0, 0.05) is 30.2 Å². The summed E-state index contributed by atoms with van der Waals surface area (Å²) >= 11 is 5.66. The SMILES string of the molecule is CCCn1cc(C(CCCCl)NN)cn1. The highest BCUT2D eigenvalue weighted by Crippen LogP contribution is 2.17. The van der Waals surface area contributed by atoms with E-state index < -0.39 is 0 Å². The van der Waals surface area contributed by atoms with Crippen LogP contribution in [0.5, 0.6) is 0 Å². The van der Waals surface area contributed by atoms with Gasteiger partial charge in [0.05, 0.1) is 6.20 Å². The summed E-state index contributed by atoms with van der Waals surface area (Å²) in [7, 11) is 0. The molecule has 1 unspecified atom stereocenters. The van der Waals surface area contributed by atoms with Crippen molar-refractivity contribution in [3.05, 3.63) is 18.0 Å². The molecule has 5 heteroatoms. The number of hydrazine groups is 1. The fourth-order valence-corrected chi connectivity index (χ4v) is 1.69. The van der Waals surface area contributed by atoms with Crippen molar-refractivity contribution < 1.29 is 0 Å². The maximum absolute atomic E-state index is 5.66. The molecule has 0 saturated carbocycles. The van der Waals surface area contributed by atoms with Crippen LogP contribution in [0.3, 0.4) is 0 Å². The van der Waals surface area contributed by atoms with Crippen molar-refractivity contribution in [1.82, 2.24) is 15.2 Å². The number of halogens is 1. The Kier molecular flexibility index (Phi) is 5.68. The van der Waals surface area contributed by atoms with Crippen LogP contribution in [0.15, 0.2) is 12.4 Å². The van der Waals surface area contributed by atoms with E-state index >= 15 is 0 Å². The molecule has 0 spiro atoms. The maximum atomic E-state index is 5.66. The van der Waals surface area contributed by atoms with Gasteiger partial charge in [-0.2, -0.15) is 5.10 Å². The predicted molar refractivity (Wildman–Crippen MR) is 62.5 cm³/mol. The van der Waals surface area contributed by atoms with Crippen LogP contribution in [0.1, 0.15) is 37.8 Å². The quantitative estimate of drug-likeness (QED) is 0.427. The average molecular weight is 231 g/mol. The lowest BCUT2D eigenvalue weighted by Crippen LogP contribution is -2.27. The van der Waals surface area contributed by atoms with Gasteiger partial charge in [-0.1, -0.05) is 6.92 Å². The Hall–Kier alpha value is -0.580. The Morgan fingerprint density at radius 1 is 1.67 bits per heavy atom. The Balaban J connectivity index is 2.57. The summed E-state index contributed by atoms with van der Waals surface area (Å²) in [5.74, 6) is 6.17. The number of aromatic nitrogens is 2. The summed E-state index contributed by atoms with van der Waals surface area (Å²) in [4.78, 5) is 0. The molecule has 15 heavy (non-hydrogen) atoms. The van der Waals surface area contributed by atoms with Crippen LogP contribution in [-0.2, 0) is 6.54 Å². The Morgan fingerprint density at radius 2 is 2.47 bits per heavy atom. The minimum absolute atomic E-state index is 0.161. The molecule has 1 heterocycles. The van der Waals surface area contributed by atoms with Gasteiger partial charge in [0.2, 0.25) is 0 Å². The van der Waals surface area contributed by atoms with Crippen LogP contribution in [0.25, 0.3) is 0 Å². The van der Waals surface area contributed by atoms with Gasteiger partial charge in [0.25, 0.3) is 0 Å². The van der Waals surface area contributed by atoms with E-state index in [2.05, 4.69) is 17.4 Å². The third-order valence-electron chi connectivity index (χ3n) is 2.34. The number of hydrogen-bond donors (Lipinski definition) is 2. The zero-order chi connectivity index (χ0) is 11.1. The average Bonchev–Trinajstić information content (AvgIpc) is 2.68. The third kappa shape index (κ3) is 3.81. The molecule has 0 saturated heterocycles. The first-order valence-electron chi connectivity index (χ1n) is 5.36. The fraction of sp³-hybridized carbons (Fsp3) is 0.700. The molecule has 1 rings (SSSR count). The summed E-state index contributed by atoms with van der Waals surface area (Å²) in [6.45, 7) is 3.08. The number of hydrogen-bond acceptors (Lipinski definition) is 3. The predicted octanol–water partition coefficient (Wildman–Crippen LogP) is 1.82. The molecule has 3 N–H and O–H groups in total. The monoisotopic (exact) mass is 230 g/mol. The number of nitrogens with two attached hydrogens (primary N) is 1. The molecule has 1 atom stereocenters. The molecule has 0 radical (unpaired) electrons. The molecule has 4 nitrogen and oxygen atoms in total. The first-order chi connectivity index (χ1) is 7.31. The zero-order valence-corrected chi connectivity index (χ0v) is 9.87. The minimum atomic E-state index is 0.161. The molecule has 0 amide bonds. The summed E-state index contributed by atoms with van der Waals surface area (Å²) in [6, 6.07) is 0.161. The van der Waals surface area contributed by atoms with Gasteiger partial charge in [0.15, 0.2) is 0 Å². The van der Waals surface area contributed by atoms with E-state index in [1.54, 1.807) is 0 Å². The van der Waals surface area contributed by atoms with Crippen molar-refractivity contribution in [3.63, 3.8) is 0 Å². The minimum Gasteiger partial charge on any atom is -0.272 e. The second-order valence-corrected chi connectivity index (χ2v) is 3.97. The largest absolute Gasteiger partial charge is 0.272 e. The van der Waals surface area contributed by atoms with Crippen LogP contribution in [0, 0.1) is 0 Å². The van der Waals surface area contributed by atoms with Crippen LogP contribution < -0.4 is 11.3 Å². The summed E-state index contributed by atoms with van der Waals surface area (Å²) in [5, 5.41) is 4.27. The summed E-state index contributed by atoms with van der Waals surface area (Å²) < 4.78 is 1.94. The Labute approximate surface area is 95.8 Å². The van der Waals surface area contributed by atoms with E-state index in [4.69, 9.17) is 17.4 Å². The highest BCUT2D eigenvalue weighted by Gasteiger charge is 2.10. The number of rotatable bonds is 7. The molecule has 0 aliphatic carbocycles. The lowest BCUT2D eigenvalue weighted by Gasteiger charge is -2.12. The van der Waals surface area contributed by atoms with E-state index in [0.717, 1.165) is 31.4 Å². The van der Waals surface area contributed by atoms with E-state index in [-0.39, 0.29) is 6.04 Å². The number of aryl methyl sites for hydroxylation is 1. The fourth-order valence-electron chi connectivity index (χ4n) is 1.54. The van der Waals surface area contributed by atoms with E-state index in [9.17, 15) is 0 Å². The Morgan fingerprint density at radius 3 is 3.07 bits per heavy atom. The third-order valence-corrected chi connectivity index (χ3v) is 2.60. The van der Waals surface area contributed by atoms with Crippen molar-refractivity contribution in [3.8, 4) is 0 Å². The van der Waals surface area contributed by atoms with Crippen LogP contribution in [-0.4, -0.2) is 15.7 Å². The van der Waals surface area contributed by atoms with Gasteiger partial charge in [-0.3, -0.25) is 16.0 Å². The van der Waals surface area contributed by atoms with Crippen molar-refractivity contribution in [2.24, 2.45) is 5.84 Å². The van der Waals surface area contributed by atoms with Crippen molar-refractivity contribution in [2.45, 2.75) is 38.8 Å². The van der Waals surface area contributed by atoms with Crippen molar-refractivity contribution in [2.75, 3.05) is 5.88 Å². The summed E-state index contributed by atoms with van der Waals surface area (Å²) in [6.07, 6.45) is 6.90. The molecule has 0 aromatic carbocycles. The lowest BCUT2D eigenvalue weighted by atomic mass is 10.1. The van der Waals surface area contributed by atoms with Crippen molar-refractivity contribution in [1.29, 1.82) is 0 Å². The van der Waals surface area contributed by atoms with Crippen LogP contribution in [0.4, 0.5) is 0 Å². The van der Waals surface area contributed by atoms with Gasteiger partial charge in [0.1, 0.15) is 0 Å². The second-order valence-electron chi connectivity index (χ2n) is 3.59. The van der Waals surface area contributed by atoms with E-state index in [1.165, 1.54) is 0 Å². The highest BCUT2D eigenvalue weighted by molar-refractivity contribution is 6.17. The molecule has 0 aliphatic rings. The van der Waals surface area contributed by atoms with Gasteiger partial charge in [-0.05, 0) is 19.3 Å². The van der Waals surface area contributed by atoms with Gasteiger partial charge in [-0.25, -0.2) is 0 Å². The van der Waals surface area contributed by atoms with E-state index in [1.807, 2.05) is 17.1 Å². The molecular formula is C10H19ClN4. The molecule has 0 bridgehead atoms. The molecule has 1 aromatic heterocycles. The molecule has 1 aromatic rings. The Bertz CT molecular complexity index is 274. The van der Waals surface area contributed by atoms with Gasteiger partial charge in [-0.15, -0.1) is 11.6 Å². The van der Waals surface area contributed by atoms with Gasteiger partial charge < -0.3 is 0 Å². The number of nitrogens with one attached hydrogen (secondary N) is 1. The molecular weight excluding hydrogens is 212 g/mol. The maximum Gasteiger partial charge on any atom is 0.0538 e. The molecule has 86 valence electrons. The highest BCUT2D eigenvalue weighted by atomic mass is 35.5. The van der Waals surface area contributed by atoms with Crippen molar-refractivity contribution >= 4 is 11.6 Å². The first kappa shape index (κ1) is 12.5. The standard InChI is InChI=1S/C10H19ClN4/c1-2-6-15-8-9(7-13-15)10(14-12)4-3-5-11/h7-8,10,14H,2-6,12H2,1H3. The lowest BCUT2D eigenvalue weighted by molar-refractivity contribution is 0.510. The summed E-state index contributed by atoms with van der Waals surface area (Å²) in [5.41, 5.74) is 3.93. The van der Waals surface area contributed by atoms with Crippen LogP contribution in [0.2, 0.25) is 0 Å². The topological polar surface area (TPSA) is 55.9 Å². The smallest absolute Gasteiger partial charge is 0.0538 e. The second kappa shape index (κ2) is 6.82. The number of alkyl halides is 1. The van der Waals surface area contributed by atoms with E-state index in [0.29, 0.717) is 5.88 Å². The normalized spacial score (nSPS) is 13.0. The zero-order valence-electron chi connectivity index (χ0n) is 9.12. The van der Waals surface area contributed by atoms with Crippen LogP contribution >= 0.6 is 11.6 Å². The number of nitrogens with zero attached hydrogens (tertiary/aromatic N) is 2. The molecule has 0 fully saturated rings.